The quantitative estimate of drug-likeness (QED) is 0.354. The van der Waals surface area contributed by atoms with Gasteiger partial charge in [-0.3, -0.25) is 4.79 Å². The Hall–Kier alpha value is -3.09. The van der Waals surface area contributed by atoms with E-state index in [-0.39, 0.29) is 23.8 Å². The molecule has 2 heterocycles. The molecule has 0 saturated heterocycles. The normalized spacial score (nSPS) is 17.5. The van der Waals surface area contributed by atoms with Crippen LogP contribution in [0.4, 0.5) is 19.0 Å². The van der Waals surface area contributed by atoms with Crippen LogP contribution in [-0.2, 0) is 17.1 Å². The average molecular weight is 484 g/mol. The lowest BCUT2D eigenvalue weighted by Gasteiger charge is -2.38. The number of carbonyl (C=O) groups is 1. The van der Waals surface area contributed by atoms with Gasteiger partial charge in [0.25, 0.3) is 0 Å². The molecule has 1 N–H and O–H groups in total. The van der Waals surface area contributed by atoms with Crippen LogP contribution in [0.1, 0.15) is 86.5 Å². The molecule has 0 amide bonds. The van der Waals surface area contributed by atoms with Crippen LogP contribution in [0, 0.1) is 0 Å². The van der Waals surface area contributed by atoms with Crippen molar-refractivity contribution in [1.82, 2.24) is 9.78 Å². The van der Waals surface area contributed by atoms with Gasteiger partial charge in [-0.05, 0) is 56.4 Å². The first kappa shape index (κ1) is 25.0. The van der Waals surface area contributed by atoms with Crippen molar-refractivity contribution in [3.8, 4) is 0 Å². The molecule has 1 aliphatic rings. The summed E-state index contributed by atoms with van der Waals surface area (Å²) in [6.45, 7) is 8.18. The number of nitrogens with one attached hydrogen (secondary N) is 1. The number of rotatable bonds is 7. The molecular formula is C28H32F3N3O. The third-order valence-corrected chi connectivity index (χ3v) is 7.54. The Kier molecular flexibility index (Phi) is 6.56. The van der Waals surface area contributed by atoms with Gasteiger partial charge in [-0.15, -0.1) is 0 Å². The largest absolute Gasteiger partial charge is 0.416 e. The van der Waals surface area contributed by atoms with Crippen molar-refractivity contribution in [2.75, 3.05) is 5.32 Å². The van der Waals surface area contributed by atoms with Crippen LogP contribution < -0.4 is 5.32 Å². The highest BCUT2D eigenvalue weighted by atomic mass is 19.4. The maximum absolute atomic E-state index is 13.7. The molecule has 0 saturated carbocycles. The molecule has 1 aromatic heterocycles. The molecule has 4 rings (SSSR count). The molecule has 2 aromatic carbocycles. The number of benzene rings is 2. The molecule has 3 aromatic rings. The maximum atomic E-state index is 13.7. The third-order valence-electron chi connectivity index (χ3n) is 7.54. The number of halogens is 3. The fraction of sp³-hybridized carbons (Fsp3) is 0.429. The first-order chi connectivity index (χ1) is 16.5. The number of alkyl halides is 3. The lowest BCUT2D eigenvalue weighted by Crippen LogP contribution is -2.38. The van der Waals surface area contributed by atoms with Gasteiger partial charge in [-0.2, -0.15) is 18.3 Å². The standard InChI is InChI=1S/C28H32F3N3O/c1-5-27(6-2,20-12-14-21(15-13-20)28(29,30)31)17-24(35)22-18-32-34-25(22)33-23(16-26(34,3)4)19-10-8-7-9-11-19/h7-15,18,23,33H,5-6,16-17H2,1-4H3/t23-/m1/s1. The van der Waals surface area contributed by atoms with Crippen LogP contribution in [0.15, 0.2) is 60.8 Å². The second kappa shape index (κ2) is 9.17. The van der Waals surface area contributed by atoms with E-state index >= 15 is 0 Å². The van der Waals surface area contributed by atoms with Crippen LogP contribution in [0.5, 0.6) is 0 Å². The summed E-state index contributed by atoms with van der Waals surface area (Å²) in [7, 11) is 0. The van der Waals surface area contributed by atoms with Gasteiger partial charge >= 0.3 is 6.18 Å². The predicted molar refractivity (Wildman–Crippen MR) is 132 cm³/mol. The van der Waals surface area contributed by atoms with Gasteiger partial charge in [-0.1, -0.05) is 56.3 Å². The fourth-order valence-corrected chi connectivity index (χ4v) is 5.26. The van der Waals surface area contributed by atoms with Gasteiger partial charge in [0.15, 0.2) is 5.78 Å². The lowest BCUT2D eigenvalue weighted by atomic mass is 9.71. The van der Waals surface area contributed by atoms with Crippen molar-refractivity contribution in [1.29, 1.82) is 0 Å². The Balaban J connectivity index is 1.65. The van der Waals surface area contributed by atoms with Crippen molar-refractivity contribution in [2.24, 2.45) is 0 Å². The van der Waals surface area contributed by atoms with Crippen molar-refractivity contribution in [3.63, 3.8) is 0 Å². The number of hydrogen-bond donors (Lipinski definition) is 1. The van der Waals surface area contributed by atoms with Crippen LogP contribution in [0.3, 0.4) is 0 Å². The second-order valence-corrected chi connectivity index (χ2v) is 10.1. The smallest absolute Gasteiger partial charge is 0.363 e. The summed E-state index contributed by atoms with van der Waals surface area (Å²) in [6, 6.07) is 15.4. The van der Waals surface area contributed by atoms with E-state index in [0.29, 0.717) is 24.2 Å². The molecule has 1 aliphatic heterocycles. The summed E-state index contributed by atoms with van der Waals surface area (Å²) in [5.41, 5.74) is 0.890. The van der Waals surface area contributed by atoms with E-state index in [2.05, 4.69) is 36.4 Å². The minimum Gasteiger partial charge on any atom is -0.363 e. The topological polar surface area (TPSA) is 46.9 Å². The number of hydrogen-bond acceptors (Lipinski definition) is 3. The molecular weight excluding hydrogens is 451 g/mol. The van der Waals surface area contributed by atoms with E-state index in [4.69, 9.17) is 0 Å². The van der Waals surface area contributed by atoms with E-state index in [1.165, 1.54) is 12.1 Å². The van der Waals surface area contributed by atoms with Crippen LogP contribution in [-0.4, -0.2) is 15.6 Å². The Morgan fingerprint density at radius 2 is 1.63 bits per heavy atom. The van der Waals surface area contributed by atoms with E-state index in [1.807, 2.05) is 36.7 Å². The lowest BCUT2D eigenvalue weighted by molar-refractivity contribution is -0.137. The number of carbonyl (C=O) groups excluding carboxylic acids is 1. The van der Waals surface area contributed by atoms with Crippen LogP contribution in [0.2, 0.25) is 0 Å². The van der Waals surface area contributed by atoms with E-state index in [0.717, 1.165) is 29.7 Å². The van der Waals surface area contributed by atoms with Gasteiger partial charge in [0.2, 0.25) is 0 Å². The highest BCUT2D eigenvalue weighted by Gasteiger charge is 2.39. The Morgan fingerprint density at radius 3 is 2.20 bits per heavy atom. The second-order valence-electron chi connectivity index (χ2n) is 10.1. The first-order valence-electron chi connectivity index (χ1n) is 12.1. The van der Waals surface area contributed by atoms with Crippen LogP contribution >= 0.6 is 0 Å². The molecule has 0 unspecified atom stereocenters. The molecule has 0 fully saturated rings. The minimum atomic E-state index is -4.39. The molecule has 0 aliphatic carbocycles. The van der Waals surface area contributed by atoms with Crippen molar-refractivity contribution in [3.05, 3.63) is 83.0 Å². The summed E-state index contributed by atoms with van der Waals surface area (Å²) < 4.78 is 41.1. The van der Waals surface area contributed by atoms with Gasteiger partial charge in [0.05, 0.1) is 28.9 Å². The van der Waals surface area contributed by atoms with Gasteiger partial charge in [0.1, 0.15) is 5.82 Å². The highest BCUT2D eigenvalue weighted by molar-refractivity contribution is 6.01. The van der Waals surface area contributed by atoms with Crippen molar-refractivity contribution < 1.29 is 18.0 Å². The number of fused-ring (bicyclic) bond motifs is 1. The highest BCUT2D eigenvalue weighted by Crippen LogP contribution is 2.42. The maximum Gasteiger partial charge on any atom is 0.416 e. The Morgan fingerprint density at radius 1 is 1.03 bits per heavy atom. The van der Waals surface area contributed by atoms with Crippen LogP contribution in [0.25, 0.3) is 0 Å². The summed E-state index contributed by atoms with van der Waals surface area (Å²) in [6.07, 6.45) is -0.477. The fourth-order valence-electron chi connectivity index (χ4n) is 5.26. The summed E-state index contributed by atoms with van der Waals surface area (Å²) in [5, 5.41) is 8.10. The van der Waals surface area contributed by atoms with Crippen molar-refractivity contribution in [2.45, 2.75) is 76.6 Å². The zero-order chi connectivity index (χ0) is 25.4. The molecule has 0 bridgehead atoms. The molecule has 35 heavy (non-hydrogen) atoms. The molecule has 0 radical (unpaired) electrons. The molecule has 186 valence electrons. The minimum absolute atomic E-state index is 0.0407. The number of anilines is 1. The SMILES string of the molecule is CCC(CC)(CC(=O)c1cnn2c1N[C@@H](c1ccccc1)CC2(C)C)c1ccc(C(F)(F)F)cc1. The monoisotopic (exact) mass is 483 g/mol. The summed E-state index contributed by atoms with van der Waals surface area (Å²) in [5.74, 6) is 0.639. The van der Waals surface area contributed by atoms with Crippen molar-refractivity contribution >= 4 is 11.6 Å². The summed E-state index contributed by atoms with van der Waals surface area (Å²) in [4.78, 5) is 13.7. The predicted octanol–water partition coefficient (Wildman–Crippen LogP) is 7.52. The zero-order valence-corrected chi connectivity index (χ0v) is 20.6. The van der Waals surface area contributed by atoms with E-state index < -0.39 is 17.2 Å². The number of Topliss-reactive ketones (excluding diaryl/α,β-unsaturated/α-hetero) is 1. The Labute approximate surface area is 204 Å². The average Bonchev–Trinajstić information content (AvgIpc) is 3.28. The number of nitrogens with zero attached hydrogens (tertiary/aromatic N) is 2. The first-order valence-corrected chi connectivity index (χ1v) is 12.1. The molecule has 0 spiro atoms. The van der Waals surface area contributed by atoms with Gasteiger partial charge in [-0.25, -0.2) is 4.68 Å². The zero-order valence-electron chi connectivity index (χ0n) is 20.6. The van der Waals surface area contributed by atoms with E-state index in [9.17, 15) is 18.0 Å². The molecule has 4 nitrogen and oxygen atoms in total. The molecule has 7 heteroatoms. The van der Waals surface area contributed by atoms with Gasteiger partial charge < -0.3 is 5.32 Å². The van der Waals surface area contributed by atoms with Gasteiger partial charge in [0, 0.05) is 11.8 Å². The van der Waals surface area contributed by atoms with E-state index in [1.54, 1.807) is 6.20 Å². The third kappa shape index (κ3) is 4.73. The Bertz CT molecular complexity index is 1180. The number of aromatic nitrogens is 2. The number of ketones is 1. The molecule has 1 atom stereocenters. The summed E-state index contributed by atoms with van der Waals surface area (Å²) >= 11 is 0.